The minimum Gasteiger partial charge on any atom is -0.353 e. The molecule has 6 heteroatoms. The predicted molar refractivity (Wildman–Crippen MR) is 108 cm³/mol. The zero-order valence-corrected chi connectivity index (χ0v) is 17.4. The Bertz CT molecular complexity index is 767. The van der Waals surface area contributed by atoms with Crippen LogP contribution in [0.3, 0.4) is 0 Å². The fraction of sp³-hybridized carbons (Fsp3) is 0.652. The van der Waals surface area contributed by atoms with Gasteiger partial charge in [-0.1, -0.05) is 26.0 Å². The van der Waals surface area contributed by atoms with E-state index < -0.39 is 23.5 Å². The van der Waals surface area contributed by atoms with E-state index in [1.165, 1.54) is 12.1 Å². The Hall–Kier alpha value is -1.95. The monoisotopic (exact) mass is 402 g/mol. The maximum absolute atomic E-state index is 14.5. The number of carbonyl (C=O) groups excluding carboxylic acids is 2. The van der Waals surface area contributed by atoms with E-state index in [-0.39, 0.29) is 18.1 Å². The van der Waals surface area contributed by atoms with E-state index in [9.17, 15) is 14.0 Å². The van der Waals surface area contributed by atoms with Crippen molar-refractivity contribution in [2.24, 2.45) is 11.8 Å². The number of likely N-dealkylation sites (tertiary alicyclic amines) is 1. The maximum Gasteiger partial charge on any atom is 0.259 e. The van der Waals surface area contributed by atoms with Crippen LogP contribution in [-0.2, 0) is 9.53 Å². The van der Waals surface area contributed by atoms with Gasteiger partial charge in [0.15, 0.2) is 0 Å². The molecule has 1 atom stereocenters. The highest BCUT2D eigenvalue weighted by Crippen LogP contribution is 2.43. The Balaban J connectivity index is 1.64. The lowest BCUT2D eigenvalue weighted by Gasteiger charge is -2.43. The van der Waals surface area contributed by atoms with E-state index in [4.69, 9.17) is 4.74 Å². The van der Waals surface area contributed by atoms with Gasteiger partial charge in [-0.05, 0) is 62.5 Å². The van der Waals surface area contributed by atoms with Crippen LogP contribution in [-0.4, -0.2) is 53.1 Å². The molecule has 5 nitrogen and oxygen atoms in total. The summed E-state index contributed by atoms with van der Waals surface area (Å²) in [6.45, 7) is 6.01. The van der Waals surface area contributed by atoms with Crippen molar-refractivity contribution >= 4 is 11.8 Å². The summed E-state index contributed by atoms with van der Waals surface area (Å²) < 4.78 is 20.7. The molecule has 2 heterocycles. The number of nitrogens with zero attached hydrogens (tertiary/aromatic N) is 2. The van der Waals surface area contributed by atoms with Crippen molar-refractivity contribution in [1.29, 1.82) is 0 Å². The molecule has 3 aliphatic rings. The summed E-state index contributed by atoms with van der Waals surface area (Å²) in [6.07, 6.45) is 5.20. The van der Waals surface area contributed by atoms with E-state index in [0.717, 1.165) is 25.7 Å². The molecule has 0 radical (unpaired) electrons. The second-order valence-electron chi connectivity index (χ2n) is 9.12. The Morgan fingerprint density at radius 3 is 2.31 bits per heavy atom. The van der Waals surface area contributed by atoms with Gasteiger partial charge in [0, 0.05) is 13.1 Å². The van der Waals surface area contributed by atoms with Crippen LogP contribution in [0.15, 0.2) is 24.3 Å². The highest BCUT2D eigenvalue weighted by Gasteiger charge is 2.54. The van der Waals surface area contributed by atoms with Crippen molar-refractivity contribution in [2.75, 3.05) is 19.7 Å². The lowest BCUT2D eigenvalue weighted by molar-refractivity contribution is -0.139. The average Bonchev–Trinajstić information content (AvgIpc) is 3.09. The van der Waals surface area contributed by atoms with Crippen LogP contribution in [0.1, 0.15) is 62.7 Å². The van der Waals surface area contributed by atoms with Crippen LogP contribution in [0, 0.1) is 17.7 Å². The molecular formula is C23H31FN2O3. The first-order valence-electron chi connectivity index (χ1n) is 10.9. The van der Waals surface area contributed by atoms with Crippen LogP contribution in [0.2, 0.25) is 0 Å². The first-order chi connectivity index (χ1) is 13.9. The van der Waals surface area contributed by atoms with Gasteiger partial charge in [0.1, 0.15) is 17.6 Å². The summed E-state index contributed by atoms with van der Waals surface area (Å²) in [6, 6.07) is 5.35. The highest BCUT2D eigenvalue weighted by molar-refractivity contribution is 5.98. The third kappa shape index (κ3) is 3.79. The van der Waals surface area contributed by atoms with Gasteiger partial charge in [0.25, 0.3) is 5.91 Å². The van der Waals surface area contributed by atoms with Crippen LogP contribution in [0.4, 0.5) is 4.39 Å². The Morgan fingerprint density at radius 1 is 1.03 bits per heavy atom. The van der Waals surface area contributed by atoms with Crippen molar-refractivity contribution in [3.63, 3.8) is 0 Å². The van der Waals surface area contributed by atoms with Gasteiger partial charge in [-0.2, -0.15) is 0 Å². The molecule has 1 aromatic carbocycles. The topological polar surface area (TPSA) is 49.9 Å². The normalized spacial score (nSPS) is 30.7. The molecule has 158 valence electrons. The maximum atomic E-state index is 14.5. The van der Waals surface area contributed by atoms with Gasteiger partial charge >= 0.3 is 0 Å². The lowest BCUT2D eigenvalue weighted by atomic mass is 9.83. The molecule has 1 aliphatic carbocycles. The average molecular weight is 403 g/mol. The van der Waals surface area contributed by atoms with Crippen LogP contribution >= 0.6 is 0 Å². The van der Waals surface area contributed by atoms with Gasteiger partial charge in [0.05, 0.1) is 12.2 Å². The molecule has 1 aromatic rings. The molecule has 29 heavy (non-hydrogen) atoms. The van der Waals surface area contributed by atoms with Gasteiger partial charge < -0.3 is 9.64 Å². The number of amides is 2. The minimum absolute atomic E-state index is 0.0149. The largest absolute Gasteiger partial charge is 0.353 e. The number of piperidine rings is 1. The Morgan fingerprint density at radius 2 is 1.66 bits per heavy atom. The summed E-state index contributed by atoms with van der Waals surface area (Å²) in [4.78, 5) is 30.4. The molecule has 2 amide bonds. The second-order valence-corrected chi connectivity index (χ2v) is 9.12. The van der Waals surface area contributed by atoms with Crippen molar-refractivity contribution in [3.05, 3.63) is 35.6 Å². The minimum atomic E-state index is -0.796. The fourth-order valence-corrected chi connectivity index (χ4v) is 4.97. The van der Waals surface area contributed by atoms with E-state index in [0.29, 0.717) is 37.8 Å². The lowest BCUT2D eigenvalue weighted by Crippen LogP contribution is -2.58. The van der Waals surface area contributed by atoms with Crippen molar-refractivity contribution in [1.82, 2.24) is 9.80 Å². The number of ether oxygens (including phenoxy) is 1. The van der Waals surface area contributed by atoms with Crippen molar-refractivity contribution in [3.8, 4) is 0 Å². The number of rotatable bonds is 2. The van der Waals surface area contributed by atoms with Gasteiger partial charge in [-0.3, -0.25) is 14.5 Å². The van der Waals surface area contributed by atoms with Crippen molar-refractivity contribution in [2.45, 2.75) is 64.1 Å². The van der Waals surface area contributed by atoms with Crippen LogP contribution in [0.5, 0.6) is 0 Å². The number of hydrogen-bond donors (Lipinski definition) is 0. The molecular weight excluding hydrogens is 371 g/mol. The van der Waals surface area contributed by atoms with E-state index in [2.05, 4.69) is 13.8 Å². The molecule has 2 saturated heterocycles. The summed E-state index contributed by atoms with van der Waals surface area (Å²) in [5.41, 5.74) is -0.781. The zero-order valence-electron chi connectivity index (χ0n) is 17.4. The van der Waals surface area contributed by atoms with Gasteiger partial charge in [0.2, 0.25) is 5.91 Å². The third-order valence-electron chi connectivity index (χ3n) is 7.02. The molecule has 1 unspecified atom stereocenters. The van der Waals surface area contributed by atoms with E-state index in [1.807, 2.05) is 4.90 Å². The number of carbonyl (C=O) groups is 2. The number of benzene rings is 1. The van der Waals surface area contributed by atoms with Crippen LogP contribution < -0.4 is 0 Å². The summed E-state index contributed by atoms with van der Waals surface area (Å²) in [7, 11) is 0. The fourth-order valence-electron chi connectivity index (χ4n) is 4.97. The summed E-state index contributed by atoms with van der Waals surface area (Å²) in [5, 5.41) is 0. The van der Waals surface area contributed by atoms with E-state index in [1.54, 1.807) is 17.0 Å². The van der Waals surface area contributed by atoms with Gasteiger partial charge in [-0.15, -0.1) is 0 Å². The second kappa shape index (κ2) is 8.05. The molecule has 3 fully saturated rings. The van der Waals surface area contributed by atoms with Gasteiger partial charge in [-0.25, -0.2) is 4.39 Å². The molecule has 0 bridgehead atoms. The molecule has 0 aromatic heterocycles. The van der Waals surface area contributed by atoms with E-state index >= 15 is 0 Å². The molecule has 4 rings (SSSR count). The predicted octanol–water partition coefficient (Wildman–Crippen LogP) is 3.83. The first kappa shape index (κ1) is 20.3. The summed E-state index contributed by atoms with van der Waals surface area (Å²) >= 11 is 0. The zero-order chi connectivity index (χ0) is 20.6. The number of hydrogen-bond acceptors (Lipinski definition) is 3. The highest BCUT2D eigenvalue weighted by atomic mass is 19.1. The van der Waals surface area contributed by atoms with Crippen molar-refractivity contribution < 1.29 is 18.7 Å². The Labute approximate surface area is 172 Å². The first-order valence-corrected chi connectivity index (χ1v) is 10.9. The standard InChI is InChI=1S/C23H31FN2O3/c1-16-7-11-23(12-8-16)26(21(27)18-5-3-4-6-19(18)24)20(15-29-23)22(28)25-13-9-17(2)10-14-25/h3-6,16-17,20H,7-15H2,1-2H3. The molecule has 1 spiro atoms. The third-order valence-corrected chi connectivity index (χ3v) is 7.02. The molecule has 2 aliphatic heterocycles. The molecule has 0 N–H and O–H groups in total. The number of halogens is 1. The molecule has 1 saturated carbocycles. The Kier molecular flexibility index (Phi) is 5.65. The summed E-state index contributed by atoms with van der Waals surface area (Å²) in [5.74, 6) is 0.131. The van der Waals surface area contributed by atoms with Crippen LogP contribution in [0.25, 0.3) is 0 Å². The smallest absolute Gasteiger partial charge is 0.259 e. The SMILES string of the molecule is CC1CCN(C(=O)C2COC3(CCC(C)CC3)N2C(=O)c2ccccc2F)CC1. The quantitative estimate of drug-likeness (QED) is 0.755.